The summed E-state index contributed by atoms with van der Waals surface area (Å²) < 4.78 is 38.7. The maximum Gasteiger partial charge on any atom is 0.338 e. The van der Waals surface area contributed by atoms with Crippen LogP contribution in [0.3, 0.4) is 0 Å². The highest BCUT2D eigenvalue weighted by molar-refractivity contribution is 9.10. The number of hydrogen-bond acceptors (Lipinski definition) is 19. The molecular formula is C55H84BrN5O15. The lowest BCUT2D eigenvalue weighted by Gasteiger charge is -2.48. The van der Waals surface area contributed by atoms with Gasteiger partial charge in [-0.1, -0.05) is 72.4 Å². The van der Waals surface area contributed by atoms with Crippen LogP contribution in [0.5, 0.6) is 0 Å². The topological polar surface area (TPSA) is 279 Å². The molecule has 0 spiro atoms. The number of ether oxygens (including phenoxy) is 6. The molecule has 0 bridgehead atoms. The molecule has 5 aliphatic rings. The van der Waals surface area contributed by atoms with Gasteiger partial charge in [0.1, 0.15) is 42.4 Å². The van der Waals surface area contributed by atoms with Crippen molar-refractivity contribution in [3.05, 3.63) is 69.7 Å². The third-order valence-corrected chi connectivity index (χ3v) is 16.2. The number of aliphatic hydroxyl groups is 5. The van der Waals surface area contributed by atoms with Crippen molar-refractivity contribution in [2.24, 2.45) is 17.8 Å². The lowest BCUT2D eigenvalue weighted by Crippen LogP contribution is -2.64. The maximum atomic E-state index is 14.3. The summed E-state index contributed by atoms with van der Waals surface area (Å²) in [6.45, 7) is 12.6. The average molecular weight is 1140 g/mol. The maximum absolute atomic E-state index is 14.3. The summed E-state index contributed by atoms with van der Waals surface area (Å²) in [6.07, 6.45) is -12.6. The zero-order valence-corrected chi connectivity index (χ0v) is 45.7. The second kappa shape index (κ2) is 30.5. The molecule has 21 heteroatoms. The second-order valence-electron chi connectivity index (χ2n) is 21.3. The van der Waals surface area contributed by atoms with Crippen LogP contribution in [-0.4, -0.2) is 198 Å². The van der Waals surface area contributed by atoms with E-state index in [4.69, 9.17) is 28.4 Å². The number of esters is 1. The van der Waals surface area contributed by atoms with Crippen LogP contribution in [0.15, 0.2) is 53.0 Å². The Morgan fingerprint density at radius 1 is 0.829 bits per heavy atom. The number of Topliss-reactive ketones (excluding diaryl/α,β-unsaturated/α-hetero) is 1. The normalized spacial score (nSPS) is 32.9. The first kappa shape index (κ1) is 60.6. The number of aliphatic hydroxyl groups excluding tert-OH is 5. The van der Waals surface area contributed by atoms with E-state index in [1.165, 1.54) is 24.6 Å². The van der Waals surface area contributed by atoms with Crippen molar-refractivity contribution in [1.82, 2.24) is 26.2 Å². The molecular weight excluding hydrogens is 1050 g/mol. The van der Waals surface area contributed by atoms with Crippen LogP contribution in [0.25, 0.3) is 0 Å². The number of carboxylic acid groups (broad SMARTS) is 1. The largest absolute Gasteiger partial charge is 0.479 e. The molecule has 14 unspecified atom stereocenters. The van der Waals surface area contributed by atoms with E-state index >= 15 is 0 Å². The first-order chi connectivity index (χ1) is 36.7. The van der Waals surface area contributed by atoms with Gasteiger partial charge in [-0.25, -0.2) is 9.59 Å². The summed E-state index contributed by atoms with van der Waals surface area (Å²) in [5.74, 6) is -2.98. The molecule has 0 radical (unpaired) electrons. The van der Waals surface area contributed by atoms with Gasteiger partial charge in [0, 0.05) is 56.1 Å². The van der Waals surface area contributed by atoms with Crippen molar-refractivity contribution in [2.45, 2.75) is 171 Å². The van der Waals surface area contributed by atoms with Crippen molar-refractivity contribution in [3.63, 3.8) is 0 Å². The van der Waals surface area contributed by atoms with E-state index in [-0.39, 0.29) is 36.5 Å². The molecule has 3 saturated heterocycles. The number of carboxylic acids is 1. The van der Waals surface area contributed by atoms with E-state index in [1.807, 2.05) is 6.92 Å². The monoisotopic (exact) mass is 1130 g/mol. The van der Waals surface area contributed by atoms with Crippen LogP contribution in [-0.2, 0) is 51.1 Å². The van der Waals surface area contributed by atoms with E-state index in [9.17, 15) is 45.0 Å². The predicted molar refractivity (Wildman–Crippen MR) is 283 cm³/mol. The van der Waals surface area contributed by atoms with Crippen molar-refractivity contribution in [2.75, 3.05) is 65.5 Å². The fourth-order valence-corrected chi connectivity index (χ4v) is 11.3. The lowest BCUT2D eigenvalue weighted by atomic mass is 9.74. The number of hydrogen-bond donors (Lipinski definition) is 10. The van der Waals surface area contributed by atoms with Gasteiger partial charge in [-0.2, -0.15) is 0 Å². The minimum Gasteiger partial charge on any atom is -0.479 e. The molecule has 0 amide bonds. The van der Waals surface area contributed by atoms with Crippen molar-refractivity contribution in [3.8, 4) is 0 Å². The van der Waals surface area contributed by atoms with Crippen molar-refractivity contribution < 1.29 is 73.4 Å². The molecule has 5 fully saturated rings. The minimum atomic E-state index is -1.67. The van der Waals surface area contributed by atoms with E-state index in [0.29, 0.717) is 32.4 Å². The Morgan fingerprint density at radius 2 is 1.57 bits per heavy atom. The molecule has 0 aromatic heterocycles. The second-order valence-corrected chi connectivity index (χ2v) is 22.1. The number of aliphatic carboxylic acids is 1. The number of nitrogens with zero attached hydrogens (tertiary/aromatic N) is 1. The Balaban J connectivity index is 1.03. The molecule has 3 heterocycles. The van der Waals surface area contributed by atoms with Gasteiger partial charge in [0.05, 0.1) is 30.5 Å². The average Bonchev–Trinajstić information content (AvgIpc) is 4.25. The first-order valence-corrected chi connectivity index (χ1v) is 28.5. The molecule has 2 saturated carbocycles. The predicted octanol–water partition coefficient (Wildman–Crippen LogP) is 2.23. The van der Waals surface area contributed by atoms with Gasteiger partial charge in [-0.3, -0.25) is 9.69 Å². The number of halogens is 1. The smallest absolute Gasteiger partial charge is 0.338 e. The highest BCUT2D eigenvalue weighted by Gasteiger charge is 2.54. The van der Waals surface area contributed by atoms with E-state index in [0.717, 1.165) is 94.6 Å². The van der Waals surface area contributed by atoms with Gasteiger partial charge in [0.2, 0.25) is 0 Å². The van der Waals surface area contributed by atoms with E-state index in [2.05, 4.69) is 60.3 Å². The van der Waals surface area contributed by atoms with Gasteiger partial charge in [0.25, 0.3) is 0 Å². The van der Waals surface area contributed by atoms with Crippen LogP contribution in [0.2, 0.25) is 0 Å². The standard InChI is InChI=1S/C55H84BrN5O15/c1-3-36-28-39(41(63)12-7-17-60-30-35-15-16-38(40(56)26-35)31-61-24-9-20-58-22-21-57-18-8-19-59-23-25-61)29-42(49(36)76-54-48(67)47(66)45(64)33(2)71-54)73-55-51(75-53(70)37-10-5-4-6-11-37)50(46(65)44(32-62)74-55)72-43(52(68)69)27-34-13-14-34/h4-6,10-11,15-16,26,33-34,36,39,42-51,54-55,57-60,62,64-67H,3,7-9,12-14,17-25,27-32H2,1-2H3,(H,68,69)/t33?,36?,39?,42?,43-,44?,45?,46?,47?,48?,49?,50?,51?,54?,55?/m0/s1. The molecule has 10 N–H and O–H groups in total. The number of rotatable bonds is 22. The third-order valence-electron chi connectivity index (χ3n) is 15.5. The minimum absolute atomic E-state index is 0.0119. The molecule has 15 atom stereocenters. The van der Waals surface area contributed by atoms with Gasteiger partial charge in [-0.05, 0) is 119 Å². The van der Waals surface area contributed by atoms with Crippen LogP contribution in [0.4, 0.5) is 0 Å². The molecule has 2 aliphatic carbocycles. The Labute approximate surface area is 455 Å². The van der Waals surface area contributed by atoms with Crippen LogP contribution < -0.4 is 21.3 Å². The summed E-state index contributed by atoms with van der Waals surface area (Å²) in [6, 6.07) is 14.5. The number of nitrogens with one attached hydrogen (secondary N) is 4. The molecule has 2 aromatic rings. The number of carbonyl (C=O) groups is 3. The fourth-order valence-electron chi connectivity index (χ4n) is 10.7. The summed E-state index contributed by atoms with van der Waals surface area (Å²) in [4.78, 5) is 43.2. The molecule has 3 aliphatic heterocycles. The molecule has 76 heavy (non-hydrogen) atoms. The highest BCUT2D eigenvalue weighted by Crippen LogP contribution is 2.41. The van der Waals surface area contributed by atoms with Crippen LogP contribution in [0, 0.1) is 17.8 Å². The summed E-state index contributed by atoms with van der Waals surface area (Å²) in [5.41, 5.74) is 2.48. The first-order valence-electron chi connectivity index (χ1n) is 27.7. The third kappa shape index (κ3) is 17.5. The van der Waals surface area contributed by atoms with Gasteiger partial charge < -0.3 is 80.3 Å². The molecule has 426 valence electrons. The number of ketones is 1. The summed E-state index contributed by atoms with van der Waals surface area (Å²) >= 11 is 3.84. The zero-order chi connectivity index (χ0) is 54.1. The van der Waals surface area contributed by atoms with Gasteiger partial charge in [0.15, 0.2) is 24.8 Å². The Hall–Kier alpha value is -3.07. The van der Waals surface area contributed by atoms with E-state index in [1.54, 1.807) is 18.2 Å². The zero-order valence-electron chi connectivity index (χ0n) is 44.1. The Bertz CT molecular complexity index is 2080. The van der Waals surface area contributed by atoms with Gasteiger partial charge >= 0.3 is 11.9 Å². The van der Waals surface area contributed by atoms with Crippen molar-refractivity contribution >= 4 is 33.7 Å². The molecule has 7 rings (SSSR count). The molecule has 20 nitrogen and oxygen atoms in total. The lowest BCUT2D eigenvalue weighted by molar-refractivity contribution is -0.349. The fraction of sp³-hybridized carbons (Fsp3) is 0.727. The number of benzene rings is 2. The van der Waals surface area contributed by atoms with Crippen molar-refractivity contribution in [1.29, 1.82) is 0 Å². The quantitative estimate of drug-likeness (QED) is 0.0598. The summed E-state index contributed by atoms with van der Waals surface area (Å²) in [7, 11) is 0. The Morgan fingerprint density at radius 3 is 2.26 bits per heavy atom. The number of carbonyl (C=O) groups excluding carboxylic acids is 2. The van der Waals surface area contributed by atoms with Crippen LogP contribution in [0.1, 0.15) is 99.5 Å². The highest BCUT2D eigenvalue weighted by atomic mass is 79.9. The SMILES string of the molecule is CCC1CC(C(=O)CCCNCc2ccc(CN3CCCNCCNCCCNCC3)c(Br)c2)CC(OC2OC(CO)C(O)C(O[C@@H](CC3CC3)C(=O)O)C2OC(=O)c2ccccc2)C1OC1OC(C)C(O)C(O)C1O. The van der Waals surface area contributed by atoms with Gasteiger partial charge in [-0.15, -0.1) is 0 Å². The summed E-state index contributed by atoms with van der Waals surface area (Å²) in [5, 5.41) is 79.0. The molecule has 2 aromatic carbocycles. The van der Waals surface area contributed by atoms with Crippen LogP contribution >= 0.6 is 15.9 Å². The Kier molecular flexibility index (Phi) is 24.3. The van der Waals surface area contributed by atoms with E-state index < -0.39 is 110 Å².